The zero-order chi connectivity index (χ0) is 21.7. The van der Waals surface area contributed by atoms with Crippen molar-refractivity contribution in [1.82, 2.24) is 0 Å². The van der Waals surface area contributed by atoms with E-state index >= 15 is 0 Å². The highest BCUT2D eigenvalue weighted by Crippen LogP contribution is 2.42. The predicted octanol–water partition coefficient (Wildman–Crippen LogP) is 9.17. The van der Waals surface area contributed by atoms with Crippen LogP contribution in [0.4, 0.5) is 0 Å². The summed E-state index contributed by atoms with van der Waals surface area (Å²) in [6.45, 7) is 2.27. The topological polar surface area (TPSA) is 37.3 Å². The van der Waals surface area contributed by atoms with Gasteiger partial charge >= 0.3 is 5.97 Å². The summed E-state index contributed by atoms with van der Waals surface area (Å²) in [5.74, 6) is 0.205. The van der Waals surface area contributed by atoms with Gasteiger partial charge in [-0.1, -0.05) is 94.2 Å². The zero-order valence-electron chi connectivity index (χ0n) is 19.8. The van der Waals surface area contributed by atoms with Crippen molar-refractivity contribution in [2.24, 2.45) is 5.92 Å². The van der Waals surface area contributed by atoms with Crippen LogP contribution in [0.5, 0.6) is 0 Å². The molecule has 1 unspecified atom stereocenters. The Labute approximate surface area is 186 Å². The molecule has 0 bridgehead atoms. The highest BCUT2D eigenvalue weighted by molar-refractivity contribution is 5.66. The third-order valence-electron chi connectivity index (χ3n) is 6.08. The molecule has 1 aliphatic carbocycles. The molecular formula is C28H48O2. The highest BCUT2D eigenvalue weighted by atomic mass is 16.4. The van der Waals surface area contributed by atoms with E-state index in [2.05, 4.69) is 37.3 Å². The fraction of sp³-hybridized carbons (Fsp3) is 0.750. The van der Waals surface area contributed by atoms with Crippen LogP contribution in [0.3, 0.4) is 0 Å². The zero-order valence-corrected chi connectivity index (χ0v) is 19.8. The maximum Gasteiger partial charge on any atom is 0.303 e. The molecule has 1 N–H and O–H groups in total. The predicted molar refractivity (Wildman–Crippen MR) is 131 cm³/mol. The average molecular weight is 417 g/mol. The van der Waals surface area contributed by atoms with E-state index < -0.39 is 5.97 Å². The van der Waals surface area contributed by atoms with Gasteiger partial charge in [0.15, 0.2) is 0 Å². The molecule has 0 heterocycles. The summed E-state index contributed by atoms with van der Waals surface area (Å²) in [6, 6.07) is 0. The number of carboxylic acids is 1. The minimum atomic E-state index is -0.691. The fourth-order valence-electron chi connectivity index (χ4n) is 4.02. The third kappa shape index (κ3) is 17.5. The molecule has 1 saturated carbocycles. The Morgan fingerprint density at radius 2 is 1.33 bits per heavy atom. The van der Waals surface area contributed by atoms with E-state index in [-0.39, 0.29) is 6.42 Å². The molecule has 0 aliphatic heterocycles. The van der Waals surface area contributed by atoms with Gasteiger partial charge in [-0.3, -0.25) is 4.79 Å². The summed E-state index contributed by atoms with van der Waals surface area (Å²) in [5, 5.41) is 8.59. The highest BCUT2D eigenvalue weighted by Gasteiger charge is 2.27. The number of hydrogen-bond donors (Lipinski definition) is 1. The molecule has 0 amide bonds. The Hall–Kier alpha value is -1.31. The molecule has 1 aliphatic rings. The van der Waals surface area contributed by atoms with Crippen LogP contribution in [0.25, 0.3) is 0 Å². The van der Waals surface area contributed by atoms with Crippen LogP contribution in [-0.4, -0.2) is 11.1 Å². The number of aliphatic carboxylic acids is 1. The van der Waals surface area contributed by atoms with Crippen LogP contribution in [0, 0.1) is 5.92 Å². The first-order chi connectivity index (χ1) is 14.7. The Kier molecular flexibility index (Phi) is 17.5. The summed E-state index contributed by atoms with van der Waals surface area (Å²) in [5.41, 5.74) is 1.69. The van der Waals surface area contributed by atoms with E-state index in [1.165, 1.54) is 89.9 Å². The van der Waals surface area contributed by atoms with Crippen molar-refractivity contribution in [1.29, 1.82) is 0 Å². The number of hydrogen-bond acceptors (Lipinski definition) is 1. The molecule has 30 heavy (non-hydrogen) atoms. The maximum atomic E-state index is 10.4. The van der Waals surface area contributed by atoms with Gasteiger partial charge in [0.2, 0.25) is 0 Å². The summed E-state index contributed by atoms with van der Waals surface area (Å²) in [4.78, 5) is 10.4. The lowest BCUT2D eigenvalue weighted by atomic mass is 10.1. The molecule has 0 aromatic heterocycles. The van der Waals surface area contributed by atoms with E-state index in [0.29, 0.717) is 0 Å². The van der Waals surface area contributed by atoms with Crippen molar-refractivity contribution in [3.05, 3.63) is 36.0 Å². The Morgan fingerprint density at radius 3 is 2.00 bits per heavy atom. The van der Waals surface area contributed by atoms with E-state index in [4.69, 9.17) is 5.11 Å². The van der Waals surface area contributed by atoms with Crippen molar-refractivity contribution in [2.45, 2.75) is 129 Å². The van der Waals surface area contributed by atoms with Crippen LogP contribution in [0.15, 0.2) is 36.0 Å². The summed E-state index contributed by atoms with van der Waals surface area (Å²) in [7, 11) is 0. The second-order valence-corrected chi connectivity index (χ2v) is 9.03. The van der Waals surface area contributed by atoms with Gasteiger partial charge in [0, 0.05) is 6.42 Å². The molecule has 172 valence electrons. The smallest absolute Gasteiger partial charge is 0.303 e. The largest absolute Gasteiger partial charge is 0.481 e. The summed E-state index contributed by atoms with van der Waals surface area (Å²) >= 11 is 0. The molecule has 0 aromatic carbocycles. The van der Waals surface area contributed by atoms with Gasteiger partial charge in [-0.15, -0.1) is 0 Å². The van der Waals surface area contributed by atoms with Crippen LogP contribution in [-0.2, 0) is 4.79 Å². The molecule has 2 nitrogen and oxygen atoms in total. The summed E-state index contributed by atoms with van der Waals surface area (Å²) < 4.78 is 0. The standard InChI is InChI=1S/C28H48O2/c1-2-3-4-5-6-7-8-9-10-11-12-13-16-19-22-26-25-27(26)23-20-17-14-15-18-21-24-28(29)30/h7-8,14-15,23,26H,2-6,9-13,16-22,24-25H2,1H3,(H,29,30). The lowest BCUT2D eigenvalue weighted by molar-refractivity contribution is -0.137. The van der Waals surface area contributed by atoms with Crippen LogP contribution in [0.1, 0.15) is 129 Å². The number of unbranched alkanes of at least 4 members (excludes halogenated alkanes) is 12. The number of rotatable bonds is 21. The summed E-state index contributed by atoms with van der Waals surface area (Å²) in [6.07, 6.45) is 35.0. The Morgan fingerprint density at radius 1 is 0.767 bits per heavy atom. The van der Waals surface area contributed by atoms with Crippen molar-refractivity contribution in [2.75, 3.05) is 0 Å². The minimum absolute atomic E-state index is 0.284. The Balaban J connectivity index is 1.81. The maximum absolute atomic E-state index is 10.4. The first-order valence-electron chi connectivity index (χ1n) is 12.9. The van der Waals surface area contributed by atoms with Gasteiger partial charge in [-0.05, 0) is 70.1 Å². The average Bonchev–Trinajstić information content (AvgIpc) is 3.48. The van der Waals surface area contributed by atoms with Crippen LogP contribution >= 0.6 is 0 Å². The lowest BCUT2D eigenvalue weighted by Gasteiger charge is -2.00. The monoisotopic (exact) mass is 416 g/mol. The molecule has 0 aromatic rings. The van der Waals surface area contributed by atoms with Gasteiger partial charge in [-0.2, -0.15) is 0 Å². The minimum Gasteiger partial charge on any atom is -0.481 e. The fourth-order valence-corrected chi connectivity index (χ4v) is 4.02. The van der Waals surface area contributed by atoms with Gasteiger partial charge in [0.25, 0.3) is 0 Å². The molecule has 1 fully saturated rings. The normalized spacial score (nSPS) is 17.5. The van der Waals surface area contributed by atoms with Gasteiger partial charge in [0.1, 0.15) is 0 Å². The van der Waals surface area contributed by atoms with Gasteiger partial charge in [-0.25, -0.2) is 0 Å². The van der Waals surface area contributed by atoms with E-state index in [9.17, 15) is 4.79 Å². The molecule has 0 radical (unpaired) electrons. The molecular weight excluding hydrogens is 368 g/mol. The molecule has 2 heteroatoms. The van der Waals surface area contributed by atoms with Crippen molar-refractivity contribution >= 4 is 5.97 Å². The second-order valence-electron chi connectivity index (χ2n) is 9.03. The second kappa shape index (κ2) is 19.6. The number of carboxylic acid groups (broad SMARTS) is 1. The van der Waals surface area contributed by atoms with Crippen molar-refractivity contribution < 1.29 is 9.90 Å². The molecule has 1 atom stereocenters. The van der Waals surface area contributed by atoms with Crippen molar-refractivity contribution in [3.8, 4) is 0 Å². The van der Waals surface area contributed by atoms with Crippen molar-refractivity contribution in [3.63, 3.8) is 0 Å². The lowest BCUT2D eigenvalue weighted by Crippen LogP contribution is -1.92. The quantitative estimate of drug-likeness (QED) is 0.149. The molecule has 0 spiro atoms. The van der Waals surface area contributed by atoms with Gasteiger partial charge in [0.05, 0.1) is 0 Å². The molecule has 0 saturated heterocycles. The van der Waals surface area contributed by atoms with Crippen LogP contribution < -0.4 is 0 Å². The Bertz CT molecular complexity index is 501. The van der Waals surface area contributed by atoms with Crippen LogP contribution in [0.2, 0.25) is 0 Å². The third-order valence-corrected chi connectivity index (χ3v) is 6.08. The number of carbonyl (C=O) groups is 1. The van der Waals surface area contributed by atoms with E-state index in [1.807, 2.05) is 0 Å². The molecule has 1 rings (SSSR count). The first kappa shape index (κ1) is 26.7. The SMILES string of the molecule is CCCCCCC=CCCCCCCCCC1CC1=CCCC=CCCCC(=O)O. The first-order valence-corrected chi connectivity index (χ1v) is 12.9. The van der Waals surface area contributed by atoms with E-state index in [0.717, 1.165) is 31.6 Å². The van der Waals surface area contributed by atoms with E-state index in [1.54, 1.807) is 5.57 Å². The van der Waals surface area contributed by atoms with Gasteiger partial charge < -0.3 is 5.11 Å². The number of allylic oxidation sites excluding steroid dienone is 6.